The maximum Gasteiger partial charge on any atom is 0.241 e. The molecule has 0 saturated heterocycles. The van der Waals surface area contributed by atoms with Gasteiger partial charge in [0.15, 0.2) is 0 Å². The highest BCUT2D eigenvalue weighted by Gasteiger charge is 2.23. The van der Waals surface area contributed by atoms with Crippen LogP contribution < -0.4 is 9.46 Å². The fraction of sp³-hybridized carbons (Fsp3) is 0.0833. The number of fused-ring (bicyclic) bond motifs is 1. The zero-order chi connectivity index (χ0) is 20.3. The first-order valence-corrected chi connectivity index (χ1v) is 10.8. The number of ether oxygens (including phenoxy) is 1. The second-order valence-corrected chi connectivity index (χ2v) is 8.46. The molecule has 4 rings (SSSR count). The number of sulfonamides is 1. The molecule has 29 heavy (non-hydrogen) atoms. The molecule has 0 aliphatic rings. The molecule has 4 nitrogen and oxygen atoms in total. The van der Waals surface area contributed by atoms with Crippen LogP contribution in [-0.2, 0) is 10.0 Å². The van der Waals surface area contributed by atoms with E-state index < -0.39 is 16.1 Å². The van der Waals surface area contributed by atoms with Crippen molar-refractivity contribution in [1.82, 2.24) is 4.72 Å². The van der Waals surface area contributed by atoms with Gasteiger partial charge in [-0.25, -0.2) is 8.42 Å². The zero-order valence-electron chi connectivity index (χ0n) is 15.9. The molecular weight excluding hydrogens is 382 g/mol. The molecule has 0 spiro atoms. The predicted octanol–water partition coefficient (Wildman–Crippen LogP) is 4.92. The summed E-state index contributed by atoms with van der Waals surface area (Å²) in [6, 6.07) is 29.3. The van der Waals surface area contributed by atoms with Gasteiger partial charge in [-0.05, 0) is 46.2 Å². The van der Waals surface area contributed by atoms with Crippen LogP contribution in [0, 0.1) is 0 Å². The minimum absolute atomic E-state index is 0.229. The largest absolute Gasteiger partial charge is 0.497 e. The molecule has 146 valence electrons. The summed E-state index contributed by atoms with van der Waals surface area (Å²) in [6.07, 6.45) is 0. The minimum atomic E-state index is -3.74. The van der Waals surface area contributed by atoms with Gasteiger partial charge in [0.1, 0.15) is 5.75 Å². The summed E-state index contributed by atoms with van der Waals surface area (Å²) in [5, 5.41) is 1.76. The molecule has 5 heteroatoms. The molecule has 0 atom stereocenters. The number of methoxy groups -OCH3 is 1. The van der Waals surface area contributed by atoms with E-state index in [2.05, 4.69) is 4.72 Å². The smallest absolute Gasteiger partial charge is 0.241 e. The van der Waals surface area contributed by atoms with Crippen molar-refractivity contribution in [2.45, 2.75) is 10.9 Å². The summed E-state index contributed by atoms with van der Waals surface area (Å²) < 4.78 is 34.6. The van der Waals surface area contributed by atoms with Crippen LogP contribution in [0.25, 0.3) is 10.8 Å². The van der Waals surface area contributed by atoms with Crippen molar-refractivity contribution in [3.8, 4) is 5.75 Å². The van der Waals surface area contributed by atoms with Gasteiger partial charge in [-0.2, -0.15) is 4.72 Å². The summed E-state index contributed by atoms with van der Waals surface area (Å²) in [4.78, 5) is 0.229. The lowest BCUT2D eigenvalue weighted by Gasteiger charge is -2.20. The highest BCUT2D eigenvalue weighted by Crippen LogP contribution is 2.27. The molecule has 0 heterocycles. The molecule has 0 unspecified atom stereocenters. The number of rotatable bonds is 6. The van der Waals surface area contributed by atoms with Gasteiger partial charge in [0.25, 0.3) is 0 Å². The first-order valence-electron chi connectivity index (χ1n) is 9.27. The highest BCUT2D eigenvalue weighted by atomic mass is 32.2. The molecule has 0 aliphatic heterocycles. The predicted molar refractivity (Wildman–Crippen MR) is 116 cm³/mol. The summed E-state index contributed by atoms with van der Waals surface area (Å²) in [6.45, 7) is 0. The van der Waals surface area contributed by atoms with Crippen LogP contribution in [0.1, 0.15) is 17.2 Å². The first-order chi connectivity index (χ1) is 14.1. The zero-order valence-corrected chi connectivity index (χ0v) is 16.8. The Bertz CT molecular complexity index is 1180. The molecule has 0 fully saturated rings. The average Bonchev–Trinajstić information content (AvgIpc) is 2.78. The lowest BCUT2D eigenvalue weighted by molar-refractivity contribution is 0.415. The molecule has 1 N–H and O–H groups in total. The second kappa shape index (κ2) is 8.07. The van der Waals surface area contributed by atoms with E-state index in [0.717, 1.165) is 27.6 Å². The van der Waals surface area contributed by atoms with E-state index in [-0.39, 0.29) is 4.90 Å². The number of nitrogens with one attached hydrogen (secondary N) is 1. The Morgan fingerprint density at radius 3 is 1.86 bits per heavy atom. The number of hydrogen-bond donors (Lipinski definition) is 1. The molecule has 0 aliphatic carbocycles. The van der Waals surface area contributed by atoms with Crippen LogP contribution in [0.5, 0.6) is 5.75 Å². The lowest BCUT2D eigenvalue weighted by Crippen LogP contribution is -2.29. The topological polar surface area (TPSA) is 55.4 Å². The second-order valence-electron chi connectivity index (χ2n) is 6.75. The Morgan fingerprint density at radius 1 is 0.724 bits per heavy atom. The Hall–Kier alpha value is -3.15. The van der Waals surface area contributed by atoms with Gasteiger partial charge in [-0.3, -0.25) is 0 Å². The van der Waals surface area contributed by atoms with Crippen molar-refractivity contribution in [2.24, 2.45) is 0 Å². The Labute approximate surface area is 170 Å². The number of hydrogen-bond acceptors (Lipinski definition) is 3. The van der Waals surface area contributed by atoms with Gasteiger partial charge in [0.05, 0.1) is 18.0 Å². The molecule has 0 saturated carbocycles. The fourth-order valence-electron chi connectivity index (χ4n) is 3.34. The van der Waals surface area contributed by atoms with E-state index in [1.54, 1.807) is 25.3 Å². The van der Waals surface area contributed by atoms with E-state index in [4.69, 9.17) is 4.74 Å². The molecule has 0 bridgehead atoms. The van der Waals surface area contributed by atoms with E-state index >= 15 is 0 Å². The van der Waals surface area contributed by atoms with Crippen LogP contribution >= 0.6 is 0 Å². The van der Waals surface area contributed by atoms with Crippen LogP contribution in [0.2, 0.25) is 0 Å². The Morgan fingerprint density at radius 2 is 1.28 bits per heavy atom. The van der Waals surface area contributed by atoms with E-state index in [0.29, 0.717) is 0 Å². The SMILES string of the molecule is COc1ccc2cc(S(=O)(=O)NC(c3ccccc3)c3ccccc3)ccc2c1. The fourth-order valence-corrected chi connectivity index (χ4v) is 4.59. The Kier molecular flexibility index (Phi) is 5.34. The lowest BCUT2D eigenvalue weighted by atomic mass is 10.00. The maximum atomic E-state index is 13.2. The van der Waals surface area contributed by atoms with Gasteiger partial charge >= 0.3 is 0 Å². The molecule has 0 aromatic heterocycles. The summed E-state index contributed by atoms with van der Waals surface area (Å²) in [5.74, 6) is 0.736. The third kappa shape index (κ3) is 4.16. The standard InChI is InChI=1S/C24H21NO3S/c1-28-22-14-12-21-17-23(15-13-20(21)16-22)29(26,27)25-24(18-8-4-2-5-9-18)19-10-6-3-7-11-19/h2-17,24-25H,1H3. The number of benzene rings is 4. The van der Waals surface area contributed by atoms with Gasteiger partial charge in [0, 0.05) is 0 Å². The van der Waals surface area contributed by atoms with Crippen molar-refractivity contribution in [3.63, 3.8) is 0 Å². The minimum Gasteiger partial charge on any atom is -0.497 e. The molecular formula is C24H21NO3S. The maximum absolute atomic E-state index is 13.2. The summed E-state index contributed by atoms with van der Waals surface area (Å²) >= 11 is 0. The molecule has 4 aromatic carbocycles. The summed E-state index contributed by atoms with van der Waals surface area (Å²) in [5.41, 5.74) is 1.76. The highest BCUT2D eigenvalue weighted by molar-refractivity contribution is 7.89. The van der Waals surface area contributed by atoms with Crippen molar-refractivity contribution in [1.29, 1.82) is 0 Å². The van der Waals surface area contributed by atoms with Crippen molar-refractivity contribution in [2.75, 3.05) is 7.11 Å². The van der Waals surface area contributed by atoms with Gasteiger partial charge in [0.2, 0.25) is 10.0 Å². The van der Waals surface area contributed by atoms with Crippen molar-refractivity contribution < 1.29 is 13.2 Å². The van der Waals surface area contributed by atoms with Crippen LogP contribution in [-0.4, -0.2) is 15.5 Å². The van der Waals surface area contributed by atoms with Crippen molar-refractivity contribution in [3.05, 3.63) is 108 Å². The first kappa shape index (κ1) is 19.2. The van der Waals surface area contributed by atoms with E-state index in [9.17, 15) is 8.42 Å². The molecule has 0 radical (unpaired) electrons. The van der Waals surface area contributed by atoms with Crippen LogP contribution in [0.4, 0.5) is 0 Å². The van der Waals surface area contributed by atoms with Gasteiger partial charge in [-0.1, -0.05) is 72.8 Å². The average molecular weight is 404 g/mol. The normalized spacial score (nSPS) is 11.7. The Balaban J connectivity index is 1.72. The summed E-state index contributed by atoms with van der Waals surface area (Å²) in [7, 11) is -2.14. The van der Waals surface area contributed by atoms with E-state index in [1.807, 2.05) is 78.9 Å². The molecule has 4 aromatic rings. The van der Waals surface area contributed by atoms with Crippen LogP contribution in [0.15, 0.2) is 102 Å². The van der Waals surface area contributed by atoms with Crippen molar-refractivity contribution >= 4 is 20.8 Å². The van der Waals surface area contributed by atoms with E-state index in [1.165, 1.54) is 0 Å². The van der Waals surface area contributed by atoms with Gasteiger partial charge in [-0.15, -0.1) is 0 Å². The third-order valence-corrected chi connectivity index (χ3v) is 6.29. The van der Waals surface area contributed by atoms with Crippen LogP contribution in [0.3, 0.4) is 0 Å². The van der Waals surface area contributed by atoms with Gasteiger partial charge < -0.3 is 4.74 Å². The quantitative estimate of drug-likeness (QED) is 0.497. The molecule has 0 amide bonds. The monoisotopic (exact) mass is 403 g/mol. The third-order valence-electron chi connectivity index (χ3n) is 4.87.